The van der Waals surface area contributed by atoms with Crippen LogP contribution in [0.5, 0.6) is 0 Å². The number of halogens is 2. The Morgan fingerprint density at radius 1 is 1.69 bits per heavy atom. The highest BCUT2D eigenvalue weighted by molar-refractivity contribution is 9.10. The van der Waals surface area contributed by atoms with E-state index < -0.39 is 0 Å². The highest BCUT2D eigenvalue weighted by Crippen LogP contribution is 2.11. The third-order valence-electron chi connectivity index (χ3n) is 1.58. The fourth-order valence-electron chi connectivity index (χ4n) is 0.961. The van der Waals surface area contributed by atoms with Crippen LogP contribution >= 0.6 is 27.5 Å². The molecule has 0 aliphatic rings. The Morgan fingerprint density at radius 3 is 3.00 bits per heavy atom. The van der Waals surface area contributed by atoms with Crippen LogP contribution in [-0.2, 0) is 6.54 Å². The lowest BCUT2D eigenvalue weighted by molar-refractivity contribution is 0.679. The molecule has 13 heavy (non-hydrogen) atoms. The van der Waals surface area contributed by atoms with Crippen LogP contribution in [0.1, 0.15) is 6.42 Å². The SMILES string of the molecule is C=CCCn1cc(Cl)cc(Br)c1=O. The van der Waals surface area contributed by atoms with E-state index in [1.165, 1.54) is 0 Å². The lowest BCUT2D eigenvalue weighted by atomic mass is 10.4. The van der Waals surface area contributed by atoms with Crippen LogP contribution in [0.3, 0.4) is 0 Å². The normalized spacial score (nSPS) is 10.0. The molecule has 1 aromatic heterocycles. The maximum Gasteiger partial charge on any atom is 0.264 e. The van der Waals surface area contributed by atoms with E-state index in [4.69, 9.17) is 11.6 Å². The van der Waals surface area contributed by atoms with Crippen molar-refractivity contribution in [2.75, 3.05) is 0 Å². The van der Waals surface area contributed by atoms with Crippen molar-refractivity contribution >= 4 is 27.5 Å². The molecule has 1 rings (SSSR count). The summed E-state index contributed by atoms with van der Waals surface area (Å²) in [5.41, 5.74) is -0.0637. The van der Waals surface area contributed by atoms with Crippen molar-refractivity contribution in [2.45, 2.75) is 13.0 Å². The first-order valence-corrected chi connectivity index (χ1v) is 4.98. The Balaban J connectivity index is 3.05. The highest BCUT2D eigenvalue weighted by Gasteiger charge is 2.01. The number of nitrogens with zero attached hydrogens (tertiary/aromatic N) is 1. The third kappa shape index (κ3) is 2.71. The minimum absolute atomic E-state index is 0.0637. The zero-order valence-corrected chi connectivity index (χ0v) is 9.31. The Labute approximate surface area is 90.0 Å². The van der Waals surface area contributed by atoms with Crippen molar-refractivity contribution in [3.05, 3.63) is 44.8 Å². The molecule has 1 aromatic rings. The molecule has 0 atom stereocenters. The van der Waals surface area contributed by atoms with E-state index in [9.17, 15) is 4.79 Å². The van der Waals surface area contributed by atoms with E-state index in [2.05, 4.69) is 22.5 Å². The average molecular weight is 263 g/mol. The second kappa shape index (κ2) is 4.63. The Hall–Kier alpha value is -0.540. The monoisotopic (exact) mass is 261 g/mol. The molecular weight excluding hydrogens is 253 g/mol. The number of aryl methyl sites for hydroxylation is 1. The van der Waals surface area contributed by atoms with E-state index in [1.54, 1.807) is 22.9 Å². The zero-order valence-electron chi connectivity index (χ0n) is 6.96. The first-order chi connectivity index (χ1) is 6.15. The van der Waals surface area contributed by atoms with Gasteiger partial charge in [-0.15, -0.1) is 6.58 Å². The molecule has 0 fully saturated rings. The van der Waals surface area contributed by atoms with E-state index in [0.717, 1.165) is 6.42 Å². The Morgan fingerprint density at radius 2 is 2.38 bits per heavy atom. The van der Waals surface area contributed by atoms with Gasteiger partial charge in [-0.05, 0) is 28.4 Å². The lowest BCUT2D eigenvalue weighted by Gasteiger charge is -2.04. The van der Waals surface area contributed by atoms with Crippen LogP contribution in [0.4, 0.5) is 0 Å². The van der Waals surface area contributed by atoms with Gasteiger partial charge in [0.05, 0.1) is 9.50 Å². The molecule has 0 amide bonds. The molecule has 0 aliphatic carbocycles. The van der Waals surface area contributed by atoms with E-state index in [1.807, 2.05) is 0 Å². The number of pyridine rings is 1. The predicted octanol–water partition coefficient (Wildman–Crippen LogP) is 2.84. The largest absolute Gasteiger partial charge is 0.313 e. The molecule has 70 valence electrons. The minimum atomic E-state index is -0.0637. The molecule has 0 radical (unpaired) electrons. The molecule has 0 saturated carbocycles. The van der Waals surface area contributed by atoms with Gasteiger partial charge < -0.3 is 4.57 Å². The third-order valence-corrected chi connectivity index (χ3v) is 2.36. The van der Waals surface area contributed by atoms with Crippen LogP contribution in [0.15, 0.2) is 34.2 Å². The quantitative estimate of drug-likeness (QED) is 0.768. The first kappa shape index (κ1) is 10.5. The van der Waals surface area contributed by atoms with Gasteiger partial charge in [-0.3, -0.25) is 4.79 Å². The molecule has 0 N–H and O–H groups in total. The summed E-state index contributed by atoms with van der Waals surface area (Å²) in [6.07, 6.45) is 4.14. The fraction of sp³-hybridized carbons (Fsp3) is 0.222. The van der Waals surface area contributed by atoms with E-state index in [-0.39, 0.29) is 5.56 Å². The van der Waals surface area contributed by atoms with Gasteiger partial charge in [-0.25, -0.2) is 0 Å². The van der Waals surface area contributed by atoms with Crippen LogP contribution < -0.4 is 5.56 Å². The van der Waals surface area contributed by atoms with Gasteiger partial charge in [0.15, 0.2) is 0 Å². The van der Waals surface area contributed by atoms with Crippen molar-refractivity contribution in [2.24, 2.45) is 0 Å². The summed E-state index contributed by atoms with van der Waals surface area (Å²) in [4.78, 5) is 11.4. The second-order valence-corrected chi connectivity index (χ2v) is 3.87. The van der Waals surface area contributed by atoms with Gasteiger partial charge in [0.25, 0.3) is 5.56 Å². The van der Waals surface area contributed by atoms with E-state index >= 15 is 0 Å². The van der Waals surface area contributed by atoms with Gasteiger partial charge in [0.1, 0.15) is 0 Å². The summed E-state index contributed by atoms with van der Waals surface area (Å²) in [5, 5.41) is 0.551. The molecular formula is C9H9BrClNO. The molecule has 0 saturated heterocycles. The summed E-state index contributed by atoms with van der Waals surface area (Å²) >= 11 is 8.93. The second-order valence-electron chi connectivity index (χ2n) is 2.58. The average Bonchev–Trinajstić information content (AvgIpc) is 2.09. The molecule has 1 heterocycles. The summed E-state index contributed by atoms with van der Waals surface area (Å²) in [7, 11) is 0. The van der Waals surface area contributed by atoms with Crippen molar-refractivity contribution in [3.63, 3.8) is 0 Å². The highest BCUT2D eigenvalue weighted by atomic mass is 79.9. The van der Waals surface area contributed by atoms with Gasteiger partial charge in [0.2, 0.25) is 0 Å². The van der Waals surface area contributed by atoms with Crippen LogP contribution in [-0.4, -0.2) is 4.57 Å². The maximum atomic E-state index is 11.4. The van der Waals surface area contributed by atoms with Crippen molar-refractivity contribution in [3.8, 4) is 0 Å². The smallest absolute Gasteiger partial charge is 0.264 e. The minimum Gasteiger partial charge on any atom is -0.313 e. The van der Waals surface area contributed by atoms with Crippen molar-refractivity contribution in [1.29, 1.82) is 0 Å². The fourth-order valence-corrected chi connectivity index (χ4v) is 1.79. The number of hydrogen-bond acceptors (Lipinski definition) is 1. The summed E-state index contributed by atoms with van der Waals surface area (Å²) in [6, 6.07) is 1.59. The topological polar surface area (TPSA) is 22.0 Å². The summed E-state index contributed by atoms with van der Waals surface area (Å²) in [6.45, 7) is 4.20. The van der Waals surface area contributed by atoms with Crippen molar-refractivity contribution in [1.82, 2.24) is 4.57 Å². The zero-order chi connectivity index (χ0) is 9.84. The number of hydrogen-bond donors (Lipinski definition) is 0. The van der Waals surface area contributed by atoms with Crippen LogP contribution in [0.2, 0.25) is 5.02 Å². The molecule has 2 nitrogen and oxygen atoms in total. The molecule has 0 aliphatic heterocycles. The number of aromatic nitrogens is 1. The summed E-state index contributed by atoms with van der Waals surface area (Å²) < 4.78 is 2.05. The Bertz CT molecular complexity index is 372. The van der Waals surface area contributed by atoms with Gasteiger partial charge in [0, 0.05) is 12.7 Å². The number of rotatable bonds is 3. The molecule has 0 unspecified atom stereocenters. The van der Waals surface area contributed by atoms with E-state index in [0.29, 0.717) is 16.0 Å². The molecule has 0 spiro atoms. The van der Waals surface area contributed by atoms with Crippen LogP contribution in [0, 0.1) is 0 Å². The van der Waals surface area contributed by atoms with Crippen molar-refractivity contribution < 1.29 is 0 Å². The van der Waals surface area contributed by atoms with Gasteiger partial charge in [-0.1, -0.05) is 17.7 Å². The molecule has 4 heteroatoms. The van der Waals surface area contributed by atoms with Gasteiger partial charge >= 0.3 is 0 Å². The number of allylic oxidation sites excluding steroid dienone is 1. The maximum absolute atomic E-state index is 11.4. The summed E-state index contributed by atoms with van der Waals surface area (Å²) in [5.74, 6) is 0. The molecule has 0 bridgehead atoms. The van der Waals surface area contributed by atoms with Gasteiger partial charge in [-0.2, -0.15) is 0 Å². The first-order valence-electron chi connectivity index (χ1n) is 3.81. The predicted molar refractivity (Wildman–Crippen MR) is 58.2 cm³/mol. The standard InChI is InChI=1S/C9H9BrClNO/c1-2-3-4-12-6-7(11)5-8(10)9(12)13/h2,5-6H,1,3-4H2. The Kier molecular flexibility index (Phi) is 3.75. The van der Waals surface area contributed by atoms with Crippen LogP contribution in [0.25, 0.3) is 0 Å². The lowest BCUT2D eigenvalue weighted by Crippen LogP contribution is -2.19. The molecule has 0 aromatic carbocycles.